The van der Waals surface area contributed by atoms with Crippen molar-refractivity contribution in [3.63, 3.8) is 0 Å². The van der Waals surface area contributed by atoms with Gasteiger partial charge < -0.3 is 9.52 Å². The number of benzene rings is 2. The number of carboxylic acids is 1. The van der Waals surface area contributed by atoms with Gasteiger partial charge in [-0.05, 0) is 29.0 Å². The Balaban J connectivity index is 2.38. The van der Waals surface area contributed by atoms with E-state index in [-0.39, 0.29) is 5.76 Å². The van der Waals surface area contributed by atoms with Crippen LogP contribution in [-0.2, 0) is 0 Å². The minimum atomic E-state index is -1.04. The maximum absolute atomic E-state index is 10.8. The van der Waals surface area contributed by atoms with Gasteiger partial charge in [0.25, 0.3) is 0 Å². The molecule has 0 saturated heterocycles. The second kappa shape index (κ2) is 3.10. The maximum Gasteiger partial charge on any atom is 0.371 e. The Morgan fingerprint density at radius 2 is 1.69 bits per heavy atom. The summed E-state index contributed by atoms with van der Waals surface area (Å²) in [6.07, 6.45) is 0. The SMILES string of the molecule is O=C(O)c1cc2cc3ccccc3cc2o1. The molecule has 0 spiro atoms. The molecule has 78 valence electrons. The predicted molar refractivity (Wildman–Crippen MR) is 60.7 cm³/mol. The fourth-order valence-electron chi connectivity index (χ4n) is 1.83. The Bertz CT molecular complexity index is 642. The molecule has 3 aromatic rings. The lowest BCUT2D eigenvalue weighted by molar-refractivity contribution is 0.0665. The first-order chi connectivity index (χ1) is 7.74. The summed E-state index contributed by atoms with van der Waals surface area (Å²) < 4.78 is 5.24. The first-order valence-corrected chi connectivity index (χ1v) is 4.90. The van der Waals surface area contributed by atoms with Gasteiger partial charge in [0, 0.05) is 5.39 Å². The number of aromatic carboxylic acids is 1. The molecule has 3 rings (SSSR count). The summed E-state index contributed by atoms with van der Waals surface area (Å²) in [6.45, 7) is 0. The number of carbonyl (C=O) groups is 1. The molecule has 16 heavy (non-hydrogen) atoms. The number of hydrogen-bond donors (Lipinski definition) is 1. The first kappa shape index (κ1) is 8.97. The molecular weight excluding hydrogens is 204 g/mol. The van der Waals surface area contributed by atoms with E-state index < -0.39 is 5.97 Å². The summed E-state index contributed by atoms with van der Waals surface area (Å²) in [5.41, 5.74) is 0.608. The molecule has 1 N–H and O–H groups in total. The third kappa shape index (κ3) is 1.26. The summed E-state index contributed by atoms with van der Waals surface area (Å²) in [5.74, 6) is -1.06. The zero-order valence-corrected chi connectivity index (χ0v) is 8.31. The minimum absolute atomic E-state index is 0.0229. The van der Waals surface area contributed by atoms with Crippen molar-refractivity contribution in [1.82, 2.24) is 0 Å². The first-order valence-electron chi connectivity index (χ1n) is 4.90. The molecule has 0 amide bonds. The maximum atomic E-state index is 10.8. The Hall–Kier alpha value is -2.29. The fourth-order valence-corrected chi connectivity index (χ4v) is 1.83. The highest BCUT2D eigenvalue weighted by atomic mass is 16.4. The van der Waals surface area contributed by atoms with Crippen LogP contribution in [0.15, 0.2) is 46.9 Å². The van der Waals surface area contributed by atoms with Crippen LogP contribution in [-0.4, -0.2) is 11.1 Å². The van der Waals surface area contributed by atoms with E-state index in [1.54, 1.807) is 6.07 Å². The number of furan rings is 1. The molecule has 0 aliphatic rings. The minimum Gasteiger partial charge on any atom is -0.475 e. The topological polar surface area (TPSA) is 50.4 Å². The summed E-state index contributed by atoms with van der Waals surface area (Å²) in [5, 5.41) is 11.8. The average Bonchev–Trinajstić information content (AvgIpc) is 2.68. The molecule has 0 unspecified atom stereocenters. The molecule has 0 saturated carbocycles. The molecule has 3 heteroatoms. The van der Waals surface area contributed by atoms with Gasteiger partial charge >= 0.3 is 5.97 Å². The third-order valence-corrected chi connectivity index (χ3v) is 2.60. The lowest BCUT2D eigenvalue weighted by atomic mass is 10.1. The second-order valence-corrected chi connectivity index (χ2v) is 3.65. The Kier molecular flexibility index (Phi) is 1.74. The van der Waals surface area contributed by atoms with Crippen molar-refractivity contribution < 1.29 is 14.3 Å². The summed E-state index contributed by atoms with van der Waals surface area (Å²) in [6, 6.07) is 13.2. The van der Waals surface area contributed by atoms with Crippen molar-refractivity contribution in [2.24, 2.45) is 0 Å². The molecule has 0 aliphatic heterocycles. The van der Waals surface area contributed by atoms with Gasteiger partial charge in [0.2, 0.25) is 5.76 Å². The van der Waals surface area contributed by atoms with Crippen molar-refractivity contribution in [1.29, 1.82) is 0 Å². The van der Waals surface area contributed by atoms with E-state index in [1.165, 1.54) is 0 Å². The lowest BCUT2D eigenvalue weighted by Gasteiger charge is -1.95. The zero-order chi connectivity index (χ0) is 11.1. The van der Waals surface area contributed by atoms with Crippen LogP contribution in [0.25, 0.3) is 21.7 Å². The predicted octanol–water partition coefficient (Wildman–Crippen LogP) is 3.28. The van der Waals surface area contributed by atoms with E-state index >= 15 is 0 Å². The van der Waals surface area contributed by atoms with Gasteiger partial charge in [-0.1, -0.05) is 24.3 Å². The van der Waals surface area contributed by atoms with Gasteiger partial charge in [0.15, 0.2) is 0 Å². The monoisotopic (exact) mass is 212 g/mol. The number of carboxylic acid groups (broad SMARTS) is 1. The summed E-state index contributed by atoms with van der Waals surface area (Å²) in [7, 11) is 0. The van der Waals surface area contributed by atoms with Crippen molar-refractivity contribution in [2.45, 2.75) is 0 Å². The van der Waals surface area contributed by atoms with Gasteiger partial charge in [0.05, 0.1) is 0 Å². The highest BCUT2D eigenvalue weighted by molar-refractivity contribution is 5.99. The van der Waals surface area contributed by atoms with Crippen molar-refractivity contribution in [3.8, 4) is 0 Å². The van der Waals surface area contributed by atoms with Crippen LogP contribution in [0.4, 0.5) is 0 Å². The molecule has 3 nitrogen and oxygen atoms in total. The van der Waals surface area contributed by atoms with Gasteiger partial charge in [-0.3, -0.25) is 0 Å². The summed E-state index contributed by atoms with van der Waals surface area (Å²) >= 11 is 0. The second-order valence-electron chi connectivity index (χ2n) is 3.65. The summed E-state index contributed by atoms with van der Waals surface area (Å²) in [4.78, 5) is 10.8. The molecule has 1 aromatic heterocycles. The van der Waals surface area contributed by atoms with E-state index in [1.807, 2.05) is 36.4 Å². The molecule has 0 bridgehead atoms. The average molecular weight is 212 g/mol. The standard InChI is InChI=1S/C13H8O3/c14-13(15)12-7-10-5-8-3-1-2-4-9(8)6-11(10)16-12/h1-7H,(H,14,15). The van der Waals surface area contributed by atoms with Crippen molar-refractivity contribution >= 4 is 27.7 Å². The van der Waals surface area contributed by atoms with Gasteiger partial charge in [-0.25, -0.2) is 4.79 Å². The number of rotatable bonds is 1. The van der Waals surface area contributed by atoms with Crippen LogP contribution < -0.4 is 0 Å². The van der Waals surface area contributed by atoms with Crippen molar-refractivity contribution in [2.75, 3.05) is 0 Å². The molecular formula is C13H8O3. The van der Waals surface area contributed by atoms with Crippen molar-refractivity contribution in [3.05, 3.63) is 48.2 Å². The Morgan fingerprint density at radius 3 is 2.38 bits per heavy atom. The van der Waals surface area contributed by atoms with E-state index in [2.05, 4.69) is 0 Å². The molecule has 2 aromatic carbocycles. The van der Waals surface area contributed by atoms with Crippen LogP contribution in [0.1, 0.15) is 10.6 Å². The molecule has 1 heterocycles. The quantitative estimate of drug-likeness (QED) is 0.673. The van der Waals surface area contributed by atoms with Crippen LogP contribution in [0.5, 0.6) is 0 Å². The van der Waals surface area contributed by atoms with Crippen LogP contribution in [0.3, 0.4) is 0 Å². The van der Waals surface area contributed by atoms with Gasteiger partial charge in [-0.2, -0.15) is 0 Å². The lowest BCUT2D eigenvalue weighted by Crippen LogP contribution is -1.91. The van der Waals surface area contributed by atoms with Gasteiger partial charge in [-0.15, -0.1) is 0 Å². The highest BCUT2D eigenvalue weighted by Gasteiger charge is 2.10. The van der Waals surface area contributed by atoms with Crippen LogP contribution in [0.2, 0.25) is 0 Å². The molecule has 0 atom stereocenters. The highest BCUT2D eigenvalue weighted by Crippen LogP contribution is 2.25. The van der Waals surface area contributed by atoms with Gasteiger partial charge in [0.1, 0.15) is 5.58 Å². The number of hydrogen-bond acceptors (Lipinski definition) is 2. The van der Waals surface area contributed by atoms with E-state index in [0.29, 0.717) is 5.58 Å². The fraction of sp³-hybridized carbons (Fsp3) is 0. The van der Waals surface area contributed by atoms with E-state index in [9.17, 15) is 4.79 Å². The Morgan fingerprint density at radius 1 is 1.00 bits per heavy atom. The zero-order valence-electron chi connectivity index (χ0n) is 8.31. The van der Waals surface area contributed by atoms with Crippen LogP contribution >= 0.6 is 0 Å². The largest absolute Gasteiger partial charge is 0.475 e. The van der Waals surface area contributed by atoms with E-state index in [4.69, 9.17) is 9.52 Å². The number of fused-ring (bicyclic) bond motifs is 2. The molecule has 0 radical (unpaired) electrons. The molecule has 0 fully saturated rings. The van der Waals surface area contributed by atoms with Crippen LogP contribution in [0, 0.1) is 0 Å². The smallest absolute Gasteiger partial charge is 0.371 e. The van der Waals surface area contributed by atoms with E-state index in [0.717, 1.165) is 16.2 Å². The molecule has 0 aliphatic carbocycles. The normalized spacial score (nSPS) is 11.0. The Labute approximate surface area is 90.9 Å². The third-order valence-electron chi connectivity index (χ3n) is 2.60.